The standard InChI is InChI=1S/C23H13Cl3N2O3S/c24-14-3-8-17(9-4-14)32-16-6-1-13(2-7-16)11-18-21(29)27-23(31)28(22(18)30)15-5-10-19(25)20(26)12-15/h1-12H,(H,27,29,31)/b18-11+. The van der Waals surface area contributed by atoms with Crippen LogP contribution in [0.25, 0.3) is 6.08 Å². The van der Waals surface area contributed by atoms with Crippen LogP contribution in [0, 0.1) is 0 Å². The molecule has 1 N–H and O–H groups in total. The zero-order valence-electron chi connectivity index (χ0n) is 16.1. The Morgan fingerprint density at radius 1 is 0.781 bits per heavy atom. The Morgan fingerprint density at radius 2 is 1.41 bits per heavy atom. The number of hydrogen-bond donors (Lipinski definition) is 1. The van der Waals surface area contributed by atoms with Gasteiger partial charge in [-0.05, 0) is 66.2 Å². The van der Waals surface area contributed by atoms with E-state index in [-0.39, 0.29) is 21.3 Å². The highest BCUT2D eigenvalue weighted by molar-refractivity contribution is 7.99. The summed E-state index contributed by atoms with van der Waals surface area (Å²) in [6.07, 6.45) is 1.44. The van der Waals surface area contributed by atoms with Gasteiger partial charge in [0.05, 0.1) is 15.7 Å². The minimum Gasteiger partial charge on any atom is -0.273 e. The van der Waals surface area contributed by atoms with E-state index in [1.165, 1.54) is 24.3 Å². The fourth-order valence-electron chi connectivity index (χ4n) is 2.95. The molecule has 160 valence electrons. The first kappa shape index (κ1) is 22.4. The smallest absolute Gasteiger partial charge is 0.273 e. The lowest BCUT2D eigenvalue weighted by molar-refractivity contribution is -0.122. The van der Waals surface area contributed by atoms with Crippen molar-refractivity contribution in [3.05, 3.63) is 92.9 Å². The van der Waals surface area contributed by atoms with Gasteiger partial charge in [-0.1, -0.05) is 58.7 Å². The number of nitrogens with one attached hydrogen (secondary N) is 1. The summed E-state index contributed by atoms with van der Waals surface area (Å²) < 4.78 is 0. The maximum absolute atomic E-state index is 13.0. The highest BCUT2D eigenvalue weighted by Gasteiger charge is 2.37. The first-order chi connectivity index (χ1) is 15.3. The van der Waals surface area contributed by atoms with E-state index in [0.29, 0.717) is 10.6 Å². The number of rotatable bonds is 4. The Kier molecular flexibility index (Phi) is 6.58. The van der Waals surface area contributed by atoms with Crippen LogP contribution in [0.4, 0.5) is 10.5 Å². The summed E-state index contributed by atoms with van der Waals surface area (Å²) in [5.74, 6) is -1.52. The van der Waals surface area contributed by atoms with E-state index in [9.17, 15) is 14.4 Å². The van der Waals surface area contributed by atoms with Crippen molar-refractivity contribution in [1.29, 1.82) is 0 Å². The molecule has 1 aliphatic rings. The first-order valence-electron chi connectivity index (χ1n) is 9.22. The quantitative estimate of drug-likeness (QED) is 0.327. The van der Waals surface area contributed by atoms with Crippen LogP contribution in [0.1, 0.15) is 5.56 Å². The summed E-state index contributed by atoms with van der Waals surface area (Å²) in [4.78, 5) is 40.5. The molecule has 3 aromatic carbocycles. The van der Waals surface area contributed by atoms with Gasteiger partial charge in [0, 0.05) is 14.8 Å². The molecule has 3 aromatic rings. The van der Waals surface area contributed by atoms with E-state index >= 15 is 0 Å². The molecule has 9 heteroatoms. The Morgan fingerprint density at radius 3 is 2.03 bits per heavy atom. The topological polar surface area (TPSA) is 66.5 Å². The van der Waals surface area contributed by atoms with Crippen molar-refractivity contribution in [2.45, 2.75) is 9.79 Å². The maximum atomic E-state index is 13.0. The molecule has 0 unspecified atom stereocenters. The Balaban J connectivity index is 1.58. The number of benzene rings is 3. The number of urea groups is 1. The summed E-state index contributed by atoms with van der Waals surface area (Å²) in [7, 11) is 0. The van der Waals surface area contributed by atoms with Crippen molar-refractivity contribution in [2.24, 2.45) is 0 Å². The van der Waals surface area contributed by atoms with Crippen LogP contribution in [-0.2, 0) is 9.59 Å². The second-order valence-electron chi connectivity index (χ2n) is 6.68. The molecule has 32 heavy (non-hydrogen) atoms. The van der Waals surface area contributed by atoms with Crippen LogP contribution in [0.2, 0.25) is 15.1 Å². The van der Waals surface area contributed by atoms with Crippen molar-refractivity contribution >= 4 is 76.2 Å². The predicted octanol–water partition coefficient (Wildman–Crippen LogP) is 6.46. The average molecular weight is 504 g/mol. The van der Waals surface area contributed by atoms with E-state index < -0.39 is 17.8 Å². The fourth-order valence-corrected chi connectivity index (χ4v) is 4.19. The number of halogens is 3. The number of hydrogen-bond acceptors (Lipinski definition) is 4. The highest BCUT2D eigenvalue weighted by Crippen LogP contribution is 2.31. The molecule has 1 fully saturated rings. The van der Waals surface area contributed by atoms with Gasteiger partial charge in [0.15, 0.2) is 0 Å². The van der Waals surface area contributed by atoms with Gasteiger partial charge in [-0.15, -0.1) is 0 Å². The first-order valence-corrected chi connectivity index (χ1v) is 11.2. The minimum absolute atomic E-state index is 0.172. The third kappa shape index (κ3) is 4.84. The molecular formula is C23H13Cl3N2O3S. The molecule has 4 rings (SSSR count). The van der Waals surface area contributed by atoms with Gasteiger partial charge in [0.1, 0.15) is 5.57 Å². The average Bonchev–Trinajstić information content (AvgIpc) is 2.76. The largest absolute Gasteiger partial charge is 0.335 e. The van der Waals surface area contributed by atoms with E-state index in [2.05, 4.69) is 5.32 Å². The van der Waals surface area contributed by atoms with E-state index in [1.807, 2.05) is 36.4 Å². The predicted molar refractivity (Wildman–Crippen MR) is 127 cm³/mol. The van der Waals surface area contributed by atoms with E-state index in [0.717, 1.165) is 14.7 Å². The summed E-state index contributed by atoms with van der Waals surface area (Å²) in [6, 6.07) is 18.3. The lowest BCUT2D eigenvalue weighted by atomic mass is 10.1. The second kappa shape index (κ2) is 9.38. The number of amides is 4. The SMILES string of the molecule is O=C1NC(=O)N(c2ccc(Cl)c(Cl)c2)C(=O)/C1=C/c1ccc(Sc2ccc(Cl)cc2)cc1. The Labute approximate surface area is 203 Å². The van der Waals surface area contributed by atoms with Gasteiger partial charge < -0.3 is 0 Å². The summed E-state index contributed by atoms with van der Waals surface area (Å²) >= 11 is 19.4. The van der Waals surface area contributed by atoms with Crippen LogP contribution in [0.3, 0.4) is 0 Å². The zero-order chi connectivity index (χ0) is 22.8. The molecule has 1 heterocycles. The number of anilines is 1. The lowest BCUT2D eigenvalue weighted by Gasteiger charge is -2.26. The number of nitrogens with zero attached hydrogens (tertiary/aromatic N) is 1. The van der Waals surface area contributed by atoms with Crippen LogP contribution in [0.5, 0.6) is 0 Å². The molecule has 1 saturated heterocycles. The normalized spacial score (nSPS) is 15.3. The number of carbonyl (C=O) groups excluding carboxylic acids is 3. The second-order valence-corrected chi connectivity index (χ2v) is 9.08. The highest BCUT2D eigenvalue weighted by atomic mass is 35.5. The van der Waals surface area contributed by atoms with Gasteiger partial charge in [-0.25, -0.2) is 9.69 Å². The van der Waals surface area contributed by atoms with Crippen LogP contribution in [0.15, 0.2) is 82.1 Å². The van der Waals surface area contributed by atoms with Crippen LogP contribution in [-0.4, -0.2) is 17.8 Å². The monoisotopic (exact) mass is 502 g/mol. The molecule has 0 spiro atoms. The summed E-state index contributed by atoms with van der Waals surface area (Å²) in [6.45, 7) is 0. The molecule has 4 amide bonds. The summed E-state index contributed by atoms with van der Waals surface area (Å²) in [5, 5.41) is 3.31. The van der Waals surface area contributed by atoms with Crippen LogP contribution < -0.4 is 10.2 Å². The molecular weight excluding hydrogens is 491 g/mol. The van der Waals surface area contributed by atoms with Gasteiger partial charge in [-0.3, -0.25) is 14.9 Å². The van der Waals surface area contributed by atoms with Gasteiger partial charge in [0.25, 0.3) is 11.8 Å². The molecule has 5 nitrogen and oxygen atoms in total. The number of imide groups is 2. The maximum Gasteiger partial charge on any atom is 0.335 e. The molecule has 0 aromatic heterocycles. The van der Waals surface area contributed by atoms with Crippen molar-refractivity contribution in [3.63, 3.8) is 0 Å². The number of carbonyl (C=O) groups is 3. The third-order valence-corrected chi connectivity index (χ3v) is 6.51. The van der Waals surface area contributed by atoms with Crippen molar-refractivity contribution in [2.75, 3.05) is 4.90 Å². The van der Waals surface area contributed by atoms with E-state index in [4.69, 9.17) is 34.8 Å². The van der Waals surface area contributed by atoms with Gasteiger partial charge >= 0.3 is 6.03 Å². The Bertz CT molecular complexity index is 1260. The van der Waals surface area contributed by atoms with E-state index in [1.54, 1.807) is 23.9 Å². The molecule has 1 aliphatic heterocycles. The summed E-state index contributed by atoms with van der Waals surface area (Å²) in [5.41, 5.74) is 0.663. The van der Waals surface area contributed by atoms with Crippen molar-refractivity contribution in [3.8, 4) is 0 Å². The number of barbiturate groups is 1. The minimum atomic E-state index is -0.856. The molecule has 0 aliphatic carbocycles. The fraction of sp³-hybridized carbons (Fsp3) is 0. The third-order valence-electron chi connectivity index (χ3n) is 4.50. The van der Waals surface area contributed by atoms with Crippen molar-refractivity contribution in [1.82, 2.24) is 5.32 Å². The zero-order valence-corrected chi connectivity index (χ0v) is 19.2. The Hall–Kier alpha value is -2.77. The molecule has 0 radical (unpaired) electrons. The molecule has 0 saturated carbocycles. The van der Waals surface area contributed by atoms with Gasteiger partial charge in [0.2, 0.25) is 0 Å². The van der Waals surface area contributed by atoms with Crippen molar-refractivity contribution < 1.29 is 14.4 Å². The van der Waals surface area contributed by atoms with Crippen LogP contribution >= 0.6 is 46.6 Å². The van der Waals surface area contributed by atoms with Gasteiger partial charge in [-0.2, -0.15) is 0 Å². The lowest BCUT2D eigenvalue weighted by Crippen LogP contribution is -2.54. The molecule has 0 bridgehead atoms. The molecule has 0 atom stereocenters.